The number of hydrogen-bond acceptors (Lipinski definition) is 4. The van der Waals surface area contributed by atoms with Crippen LogP contribution in [0.3, 0.4) is 0 Å². The quantitative estimate of drug-likeness (QED) is 0.319. The highest BCUT2D eigenvalue weighted by molar-refractivity contribution is 5.95. The summed E-state index contributed by atoms with van der Waals surface area (Å²) in [6.45, 7) is 7.43. The number of carbonyl (C=O) groups is 1. The molecule has 0 aliphatic carbocycles. The number of rotatable bonds is 3. The smallest absolute Gasteiger partial charge is 0.336 e. The van der Waals surface area contributed by atoms with Crippen LogP contribution in [0, 0.1) is 12.4 Å². The van der Waals surface area contributed by atoms with Crippen molar-refractivity contribution in [1.29, 1.82) is 0 Å². The molecule has 12 heteroatoms. The van der Waals surface area contributed by atoms with Crippen LogP contribution in [-0.4, -0.2) is 49.3 Å². The van der Waals surface area contributed by atoms with E-state index < -0.39 is 29.3 Å². The number of imidazole rings is 1. The van der Waals surface area contributed by atoms with Crippen molar-refractivity contribution in [1.82, 2.24) is 24.2 Å². The summed E-state index contributed by atoms with van der Waals surface area (Å²) in [5, 5.41) is 4.82. The van der Waals surface area contributed by atoms with Gasteiger partial charge < -0.3 is 10.6 Å². The fourth-order valence-electron chi connectivity index (χ4n) is 4.63. The predicted molar refractivity (Wildman–Crippen MR) is 128 cm³/mol. The van der Waals surface area contributed by atoms with Gasteiger partial charge in [0.25, 0.3) is 5.91 Å². The molecule has 0 radical (unpaired) electrons. The second-order valence-electron chi connectivity index (χ2n) is 8.94. The van der Waals surface area contributed by atoms with E-state index in [2.05, 4.69) is 14.9 Å². The highest BCUT2D eigenvalue weighted by Gasteiger charge is 2.44. The van der Waals surface area contributed by atoms with E-state index in [-0.39, 0.29) is 41.9 Å². The van der Waals surface area contributed by atoms with Crippen molar-refractivity contribution in [3.8, 4) is 17.1 Å². The standard InChI is InChI=1S/C25H21F4N7O/c1-31-20-7-5-14(11-18(20)26)23-32-21(24(37)35-9-3-4-16(30)13-35)22(25(27,28)29)36(23)17-6-8-19-15(10-17)12-34(2)33-19/h5-8,10-12,16H,3-4,9,13,30H2,2H3/t16-/m1/s1. The molecule has 0 saturated carbocycles. The van der Waals surface area contributed by atoms with Gasteiger partial charge in [-0.05, 0) is 37.1 Å². The fourth-order valence-corrected chi connectivity index (χ4v) is 4.63. The van der Waals surface area contributed by atoms with E-state index in [4.69, 9.17) is 12.3 Å². The van der Waals surface area contributed by atoms with Crippen molar-refractivity contribution in [2.45, 2.75) is 25.1 Å². The number of alkyl halides is 3. The van der Waals surface area contributed by atoms with Crippen molar-refractivity contribution in [2.75, 3.05) is 13.1 Å². The summed E-state index contributed by atoms with van der Waals surface area (Å²) in [7, 11) is 1.69. The maximum absolute atomic E-state index is 14.7. The molecule has 190 valence electrons. The summed E-state index contributed by atoms with van der Waals surface area (Å²) in [5.74, 6) is -2.09. The van der Waals surface area contributed by atoms with E-state index in [0.717, 1.165) is 10.6 Å². The Labute approximate surface area is 208 Å². The number of likely N-dealkylation sites (tertiary alicyclic amines) is 1. The highest BCUT2D eigenvalue weighted by atomic mass is 19.4. The lowest BCUT2D eigenvalue weighted by Crippen LogP contribution is -2.46. The zero-order valence-corrected chi connectivity index (χ0v) is 19.6. The minimum absolute atomic E-state index is 0.0175. The first-order valence-corrected chi connectivity index (χ1v) is 11.4. The minimum atomic E-state index is -4.98. The Morgan fingerprint density at radius 3 is 2.68 bits per heavy atom. The molecule has 2 aromatic heterocycles. The summed E-state index contributed by atoms with van der Waals surface area (Å²) in [5.41, 5.74) is 4.23. The number of benzene rings is 2. The maximum atomic E-state index is 14.7. The van der Waals surface area contributed by atoms with Crippen LogP contribution in [0.25, 0.3) is 32.8 Å². The molecule has 1 amide bonds. The van der Waals surface area contributed by atoms with E-state index in [0.29, 0.717) is 23.7 Å². The van der Waals surface area contributed by atoms with Gasteiger partial charge in [0.05, 0.1) is 12.1 Å². The molecule has 4 aromatic rings. The Hall–Kier alpha value is -4.24. The minimum Gasteiger partial charge on any atom is -0.336 e. The topological polar surface area (TPSA) is 86.3 Å². The van der Waals surface area contributed by atoms with Crippen molar-refractivity contribution in [2.24, 2.45) is 12.8 Å². The average molecular weight is 511 g/mol. The van der Waals surface area contributed by atoms with Crippen LogP contribution < -0.4 is 5.73 Å². The Morgan fingerprint density at radius 1 is 1.22 bits per heavy atom. The van der Waals surface area contributed by atoms with Crippen molar-refractivity contribution in [3.05, 3.63) is 71.2 Å². The van der Waals surface area contributed by atoms with Gasteiger partial charge >= 0.3 is 6.18 Å². The number of carbonyl (C=O) groups excluding carboxylic acids is 1. The van der Waals surface area contributed by atoms with E-state index >= 15 is 0 Å². The lowest BCUT2D eigenvalue weighted by molar-refractivity contribution is -0.142. The summed E-state index contributed by atoms with van der Waals surface area (Å²) in [6, 6.07) is 7.56. The van der Waals surface area contributed by atoms with Gasteiger partial charge in [0.15, 0.2) is 11.4 Å². The maximum Gasteiger partial charge on any atom is 0.434 e. The third-order valence-corrected chi connectivity index (χ3v) is 6.28. The van der Waals surface area contributed by atoms with Crippen LogP contribution in [0.15, 0.2) is 42.6 Å². The Bertz CT molecular complexity index is 1560. The second kappa shape index (κ2) is 9.01. The zero-order chi connectivity index (χ0) is 26.5. The van der Waals surface area contributed by atoms with E-state index in [9.17, 15) is 22.4 Å². The van der Waals surface area contributed by atoms with Crippen LogP contribution in [-0.2, 0) is 13.2 Å². The zero-order valence-electron chi connectivity index (χ0n) is 19.6. The molecule has 2 N–H and O–H groups in total. The molecular formula is C25H21F4N7O. The molecule has 1 saturated heterocycles. The third kappa shape index (κ3) is 4.42. The van der Waals surface area contributed by atoms with Crippen LogP contribution >= 0.6 is 0 Å². The highest BCUT2D eigenvalue weighted by Crippen LogP contribution is 2.39. The average Bonchev–Trinajstić information content (AvgIpc) is 3.43. The second-order valence-corrected chi connectivity index (χ2v) is 8.94. The van der Waals surface area contributed by atoms with Crippen molar-refractivity contribution in [3.63, 3.8) is 0 Å². The molecule has 5 rings (SSSR count). The number of halogens is 4. The van der Waals surface area contributed by atoms with Crippen LogP contribution in [0.1, 0.15) is 29.0 Å². The van der Waals surface area contributed by atoms with Gasteiger partial charge in [0.1, 0.15) is 11.6 Å². The number of amides is 1. The predicted octanol–water partition coefficient (Wildman–Crippen LogP) is 4.70. The molecule has 1 fully saturated rings. The Kier molecular flexibility index (Phi) is 5.95. The van der Waals surface area contributed by atoms with Crippen molar-refractivity contribution >= 4 is 22.5 Å². The molecule has 0 unspecified atom stereocenters. The molecule has 1 atom stereocenters. The van der Waals surface area contributed by atoms with Crippen molar-refractivity contribution < 1.29 is 22.4 Å². The number of hydrogen-bond donors (Lipinski definition) is 1. The van der Waals surface area contributed by atoms with E-state index in [1.54, 1.807) is 19.3 Å². The van der Waals surface area contributed by atoms with Crippen LogP contribution in [0.5, 0.6) is 0 Å². The van der Waals surface area contributed by atoms with Gasteiger partial charge in [0.2, 0.25) is 5.69 Å². The van der Waals surface area contributed by atoms with Gasteiger partial charge in [0, 0.05) is 49.0 Å². The summed E-state index contributed by atoms with van der Waals surface area (Å²) in [6.07, 6.45) is -2.11. The van der Waals surface area contributed by atoms with Gasteiger partial charge in [-0.3, -0.25) is 14.0 Å². The monoisotopic (exact) mass is 511 g/mol. The molecule has 1 aliphatic heterocycles. The van der Waals surface area contributed by atoms with Crippen LogP contribution in [0.4, 0.5) is 23.2 Å². The largest absolute Gasteiger partial charge is 0.434 e. The first-order chi connectivity index (χ1) is 17.6. The number of piperidine rings is 1. The fraction of sp³-hybridized carbons (Fsp3) is 0.280. The Morgan fingerprint density at radius 2 is 2.00 bits per heavy atom. The van der Waals surface area contributed by atoms with Gasteiger partial charge in [-0.2, -0.15) is 18.3 Å². The Balaban J connectivity index is 1.78. The number of aromatic nitrogens is 4. The molecule has 8 nitrogen and oxygen atoms in total. The molecular weight excluding hydrogens is 490 g/mol. The number of nitrogens with zero attached hydrogens (tertiary/aromatic N) is 6. The van der Waals surface area contributed by atoms with E-state index in [1.165, 1.54) is 33.8 Å². The number of fused-ring (bicyclic) bond motifs is 1. The number of nitrogens with two attached hydrogens (primary N) is 1. The molecule has 0 bridgehead atoms. The molecule has 37 heavy (non-hydrogen) atoms. The van der Waals surface area contributed by atoms with Gasteiger partial charge in [-0.15, -0.1) is 0 Å². The van der Waals surface area contributed by atoms with Crippen LogP contribution in [0.2, 0.25) is 0 Å². The third-order valence-electron chi connectivity index (χ3n) is 6.28. The first-order valence-electron chi connectivity index (χ1n) is 11.4. The van der Waals surface area contributed by atoms with E-state index in [1.807, 2.05) is 0 Å². The first kappa shape index (κ1) is 24.5. The molecule has 3 heterocycles. The molecule has 1 aliphatic rings. The molecule has 0 spiro atoms. The summed E-state index contributed by atoms with van der Waals surface area (Å²) in [4.78, 5) is 21.9. The lowest BCUT2D eigenvalue weighted by Gasteiger charge is -2.30. The summed E-state index contributed by atoms with van der Waals surface area (Å²) < 4.78 is 60.9. The number of aryl methyl sites for hydroxylation is 1. The van der Waals surface area contributed by atoms with Gasteiger partial charge in [-0.1, -0.05) is 12.1 Å². The normalized spacial score (nSPS) is 16.2. The molecule has 2 aromatic carbocycles. The lowest BCUT2D eigenvalue weighted by atomic mass is 10.1. The SMILES string of the molecule is [C-]#[N+]c1ccc(-c2nc(C(=O)N3CCC[C@@H](N)C3)c(C(F)(F)F)n2-c2ccc3nn(C)cc3c2)cc1F. The van der Waals surface area contributed by atoms with Gasteiger partial charge in [-0.25, -0.2) is 14.2 Å². The summed E-state index contributed by atoms with van der Waals surface area (Å²) >= 11 is 0.